The van der Waals surface area contributed by atoms with Gasteiger partial charge in [-0.1, -0.05) is 25.5 Å². The molecule has 2 aliphatic carbocycles. The largest absolute Gasteiger partial charge is 0.392 e. The van der Waals surface area contributed by atoms with Crippen LogP contribution in [-0.2, 0) is 9.47 Å². The Labute approximate surface area is 108 Å². The minimum atomic E-state index is -0.299. The van der Waals surface area contributed by atoms with Crippen molar-refractivity contribution in [3.63, 3.8) is 0 Å². The highest BCUT2D eigenvalue weighted by Crippen LogP contribution is 2.71. The van der Waals surface area contributed by atoms with Crippen LogP contribution >= 0.6 is 0 Å². The summed E-state index contributed by atoms with van der Waals surface area (Å²) < 4.78 is 12.1. The van der Waals surface area contributed by atoms with Crippen molar-refractivity contribution in [1.82, 2.24) is 0 Å². The molecule has 18 heavy (non-hydrogen) atoms. The van der Waals surface area contributed by atoms with Gasteiger partial charge in [0.15, 0.2) is 0 Å². The van der Waals surface area contributed by atoms with Crippen LogP contribution in [0.1, 0.15) is 40.0 Å². The first-order valence-electron chi connectivity index (χ1n) is 7.09. The zero-order valence-electron chi connectivity index (χ0n) is 11.4. The molecule has 2 bridgehead atoms. The van der Waals surface area contributed by atoms with Gasteiger partial charge < -0.3 is 14.6 Å². The van der Waals surface area contributed by atoms with Crippen LogP contribution in [-0.4, -0.2) is 35.6 Å². The highest BCUT2D eigenvalue weighted by molar-refractivity contribution is 5.31. The number of aliphatic hydroxyl groups excluding tert-OH is 1. The number of hydrogen-bond acceptors (Lipinski definition) is 3. The van der Waals surface area contributed by atoms with Gasteiger partial charge in [0.05, 0.1) is 24.9 Å². The maximum Gasteiger partial charge on any atom is 0.126 e. The van der Waals surface area contributed by atoms with E-state index in [4.69, 9.17) is 9.47 Å². The fourth-order valence-electron chi connectivity index (χ4n) is 4.88. The van der Waals surface area contributed by atoms with Crippen LogP contribution in [0.4, 0.5) is 0 Å². The lowest BCUT2D eigenvalue weighted by molar-refractivity contribution is -0.204. The Balaban J connectivity index is 1.88. The molecule has 0 amide bonds. The SMILES string of the molecule is CC1=C[C@@H]2O[C@H]3C[C@@H](O)[C@@](C)([C@]2(C)CC1)[C@@]31CO1. The van der Waals surface area contributed by atoms with Crippen molar-refractivity contribution in [3.8, 4) is 0 Å². The molecule has 1 saturated carbocycles. The topological polar surface area (TPSA) is 42.0 Å². The van der Waals surface area contributed by atoms with Crippen molar-refractivity contribution in [3.05, 3.63) is 11.6 Å². The predicted octanol–water partition coefficient (Wildman–Crippen LogP) is 2.04. The molecular formula is C15H22O3. The summed E-state index contributed by atoms with van der Waals surface area (Å²) >= 11 is 0. The van der Waals surface area contributed by atoms with Crippen LogP contribution in [0.15, 0.2) is 11.6 Å². The molecule has 1 spiro atoms. The van der Waals surface area contributed by atoms with Crippen LogP contribution in [0.2, 0.25) is 0 Å². The summed E-state index contributed by atoms with van der Waals surface area (Å²) in [4.78, 5) is 0. The van der Waals surface area contributed by atoms with E-state index in [1.54, 1.807) is 0 Å². The summed E-state index contributed by atoms with van der Waals surface area (Å²) in [5.74, 6) is 0. The molecule has 4 aliphatic rings. The minimum absolute atomic E-state index is 0.00454. The molecule has 2 heterocycles. The van der Waals surface area contributed by atoms with Gasteiger partial charge in [-0.15, -0.1) is 0 Å². The van der Waals surface area contributed by atoms with Crippen LogP contribution in [0.5, 0.6) is 0 Å². The molecule has 2 aliphatic heterocycles. The van der Waals surface area contributed by atoms with E-state index in [-0.39, 0.29) is 34.7 Å². The second-order valence-corrected chi connectivity index (χ2v) is 7.11. The summed E-state index contributed by atoms with van der Waals surface area (Å²) in [6.07, 6.45) is 5.14. The molecule has 1 N–H and O–H groups in total. The molecule has 0 aromatic heterocycles. The summed E-state index contributed by atoms with van der Waals surface area (Å²) in [6, 6.07) is 0. The average Bonchev–Trinajstić information content (AvgIpc) is 3.08. The van der Waals surface area contributed by atoms with Crippen molar-refractivity contribution >= 4 is 0 Å². The summed E-state index contributed by atoms with van der Waals surface area (Å²) in [6.45, 7) is 7.46. The van der Waals surface area contributed by atoms with Gasteiger partial charge in [-0.2, -0.15) is 0 Å². The Morgan fingerprint density at radius 3 is 2.78 bits per heavy atom. The number of allylic oxidation sites excluding steroid dienone is 1. The van der Waals surface area contributed by atoms with Crippen molar-refractivity contribution < 1.29 is 14.6 Å². The van der Waals surface area contributed by atoms with E-state index in [1.807, 2.05) is 0 Å². The predicted molar refractivity (Wildman–Crippen MR) is 67.2 cm³/mol. The molecule has 3 heteroatoms. The van der Waals surface area contributed by atoms with Gasteiger partial charge in [0.25, 0.3) is 0 Å². The summed E-state index contributed by atoms with van der Waals surface area (Å²) in [5, 5.41) is 10.6. The molecular weight excluding hydrogens is 228 g/mol. The Hall–Kier alpha value is -0.380. The fourth-order valence-corrected chi connectivity index (χ4v) is 4.88. The zero-order valence-corrected chi connectivity index (χ0v) is 11.4. The van der Waals surface area contributed by atoms with Gasteiger partial charge in [0.1, 0.15) is 5.60 Å². The average molecular weight is 250 g/mol. The van der Waals surface area contributed by atoms with Gasteiger partial charge in [-0.3, -0.25) is 0 Å². The van der Waals surface area contributed by atoms with Gasteiger partial charge in [-0.05, 0) is 19.8 Å². The Bertz CT molecular complexity index is 439. The lowest BCUT2D eigenvalue weighted by Gasteiger charge is -2.57. The van der Waals surface area contributed by atoms with Crippen molar-refractivity contribution in [2.24, 2.45) is 10.8 Å². The van der Waals surface area contributed by atoms with Gasteiger partial charge in [-0.25, -0.2) is 0 Å². The third-order valence-corrected chi connectivity index (χ3v) is 6.56. The van der Waals surface area contributed by atoms with Crippen LogP contribution in [0, 0.1) is 10.8 Å². The number of aliphatic hydroxyl groups is 1. The highest BCUT2D eigenvalue weighted by Gasteiger charge is 2.80. The molecule has 3 fully saturated rings. The number of ether oxygens (including phenoxy) is 2. The second-order valence-electron chi connectivity index (χ2n) is 7.11. The third-order valence-electron chi connectivity index (χ3n) is 6.56. The molecule has 4 rings (SSSR count). The van der Waals surface area contributed by atoms with Crippen LogP contribution in [0.25, 0.3) is 0 Å². The quantitative estimate of drug-likeness (QED) is 0.528. The Kier molecular flexibility index (Phi) is 1.92. The van der Waals surface area contributed by atoms with E-state index in [9.17, 15) is 5.11 Å². The minimum Gasteiger partial charge on any atom is -0.392 e. The number of hydrogen-bond donors (Lipinski definition) is 1. The molecule has 100 valence electrons. The lowest BCUT2D eigenvalue weighted by Crippen LogP contribution is -2.63. The van der Waals surface area contributed by atoms with Crippen LogP contribution < -0.4 is 0 Å². The lowest BCUT2D eigenvalue weighted by atomic mass is 9.52. The fraction of sp³-hybridized carbons (Fsp3) is 0.867. The zero-order chi connectivity index (χ0) is 12.8. The van der Waals surface area contributed by atoms with Crippen molar-refractivity contribution in [2.45, 2.75) is 63.9 Å². The Morgan fingerprint density at radius 1 is 1.39 bits per heavy atom. The molecule has 0 aromatic carbocycles. The molecule has 3 nitrogen and oxygen atoms in total. The van der Waals surface area contributed by atoms with E-state index < -0.39 is 0 Å². The van der Waals surface area contributed by atoms with Crippen LogP contribution in [0.3, 0.4) is 0 Å². The van der Waals surface area contributed by atoms with Gasteiger partial charge in [0.2, 0.25) is 0 Å². The smallest absolute Gasteiger partial charge is 0.126 e. The second kappa shape index (κ2) is 3.02. The molecule has 6 atom stereocenters. The molecule has 0 radical (unpaired) electrons. The van der Waals surface area contributed by atoms with Crippen molar-refractivity contribution in [2.75, 3.05) is 6.61 Å². The van der Waals surface area contributed by atoms with E-state index in [0.29, 0.717) is 0 Å². The van der Waals surface area contributed by atoms with E-state index in [2.05, 4.69) is 26.8 Å². The van der Waals surface area contributed by atoms with E-state index >= 15 is 0 Å². The maximum atomic E-state index is 10.6. The first-order chi connectivity index (χ1) is 8.44. The Morgan fingerprint density at radius 2 is 2.11 bits per heavy atom. The summed E-state index contributed by atoms with van der Waals surface area (Å²) in [7, 11) is 0. The van der Waals surface area contributed by atoms with E-state index in [1.165, 1.54) is 5.57 Å². The molecule has 0 unspecified atom stereocenters. The molecule has 2 saturated heterocycles. The maximum absolute atomic E-state index is 10.6. The highest BCUT2D eigenvalue weighted by atomic mass is 16.6. The summed E-state index contributed by atoms with van der Waals surface area (Å²) in [5.41, 5.74) is 1.05. The van der Waals surface area contributed by atoms with Gasteiger partial charge >= 0.3 is 0 Å². The first kappa shape index (κ1) is 11.4. The monoisotopic (exact) mass is 250 g/mol. The van der Waals surface area contributed by atoms with E-state index in [0.717, 1.165) is 25.9 Å². The normalized spacial score (nSPS) is 61.6. The molecule has 0 aromatic rings. The van der Waals surface area contributed by atoms with Gasteiger partial charge in [0, 0.05) is 17.3 Å². The number of rotatable bonds is 0. The number of epoxide rings is 1. The standard InChI is InChI=1S/C15H22O3/c1-9-4-5-13(2)11(6-9)18-12-7-10(16)14(13,3)15(12)8-17-15/h6,10-12,16H,4-5,7-8H2,1-3H3/t10-,11+,12+,13-,14+,15-/m1/s1. The first-order valence-corrected chi connectivity index (χ1v) is 7.09. The van der Waals surface area contributed by atoms with Crippen molar-refractivity contribution in [1.29, 1.82) is 0 Å². The third kappa shape index (κ3) is 0.972. The number of fused-ring (bicyclic) bond motifs is 2.